The number of nitrogens with two attached hydrogens (primary N) is 1. The van der Waals surface area contributed by atoms with Crippen LogP contribution in [0.3, 0.4) is 0 Å². The third-order valence-electron chi connectivity index (χ3n) is 2.53. The number of hydrogen-bond donors (Lipinski definition) is 2. The fraction of sp³-hybridized carbons (Fsp3) is 0.636. The number of nitrogens with zero attached hydrogens (tertiary/aromatic N) is 2. The lowest BCUT2D eigenvalue weighted by molar-refractivity contribution is 0.594. The summed E-state index contributed by atoms with van der Waals surface area (Å²) in [6.07, 6.45) is 7.68. The van der Waals surface area contributed by atoms with E-state index in [0.29, 0.717) is 0 Å². The van der Waals surface area contributed by atoms with E-state index in [-0.39, 0.29) is 0 Å². The second kappa shape index (κ2) is 6.06. The fourth-order valence-electron chi connectivity index (χ4n) is 1.62. The molecule has 4 heteroatoms. The molecule has 0 radical (unpaired) electrons. The molecule has 80 valence electrons. The molecular weight excluding hydrogens is 188 g/mol. The van der Waals surface area contributed by atoms with E-state index in [2.05, 4.69) is 11.4 Å². The van der Waals surface area contributed by atoms with Crippen molar-refractivity contribution in [3.63, 3.8) is 0 Å². The van der Waals surface area contributed by atoms with Gasteiger partial charge in [-0.3, -0.25) is 0 Å². The third kappa shape index (κ3) is 3.61. The van der Waals surface area contributed by atoms with Crippen molar-refractivity contribution in [3.8, 4) is 12.1 Å². The summed E-state index contributed by atoms with van der Waals surface area (Å²) in [7, 11) is 0. The highest BCUT2D eigenvalue weighted by Crippen LogP contribution is 2.15. The number of nitrogens with one attached hydrogen (secondary N) is 1. The molecule has 0 aromatic carbocycles. The van der Waals surface area contributed by atoms with Crippen molar-refractivity contribution in [1.82, 2.24) is 5.32 Å². The van der Waals surface area contributed by atoms with Crippen LogP contribution in [0.4, 0.5) is 0 Å². The summed E-state index contributed by atoms with van der Waals surface area (Å²) in [6.45, 7) is 0. The van der Waals surface area contributed by atoms with Gasteiger partial charge in [0.2, 0.25) is 0 Å². The highest BCUT2D eigenvalue weighted by Gasteiger charge is 2.17. The molecule has 0 fully saturated rings. The van der Waals surface area contributed by atoms with Crippen molar-refractivity contribution in [2.75, 3.05) is 0 Å². The molecule has 0 bridgehead atoms. The molecule has 0 heterocycles. The maximum atomic E-state index is 8.86. The highest BCUT2D eigenvalue weighted by atomic mass is 15.0. The molecule has 0 aromatic rings. The average Bonchev–Trinajstić information content (AvgIpc) is 2.53. The Morgan fingerprint density at radius 2 is 2.07 bits per heavy atom. The lowest BCUT2D eigenvalue weighted by Gasteiger charge is -2.16. The van der Waals surface area contributed by atoms with E-state index < -0.39 is 12.1 Å². The minimum Gasteiger partial charge on any atom is -0.371 e. The van der Waals surface area contributed by atoms with Crippen LogP contribution in [0.5, 0.6) is 0 Å². The number of rotatable bonds is 3. The predicted octanol–water partition coefficient (Wildman–Crippen LogP) is 1.17. The molecule has 0 aromatic heterocycles. The second-order valence-corrected chi connectivity index (χ2v) is 3.73. The van der Waals surface area contributed by atoms with E-state index in [1.54, 1.807) is 0 Å². The zero-order valence-electron chi connectivity index (χ0n) is 8.74. The van der Waals surface area contributed by atoms with Crippen LogP contribution in [-0.2, 0) is 0 Å². The maximum Gasteiger partial charge on any atom is 0.143 e. The summed E-state index contributed by atoms with van der Waals surface area (Å²) in [5, 5.41) is 20.5. The molecule has 1 rings (SSSR count). The largest absolute Gasteiger partial charge is 0.371 e. The van der Waals surface area contributed by atoms with Crippen LogP contribution >= 0.6 is 0 Å². The fourth-order valence-corrected chi connectivity index (χ4v) is 1.62. The van der Waals surface area contributed by atoms with Crippen molar-refractivity contribution in [2.24, 2.45) is 5.73 Å². The Hall–Kier alpha value is -1.52. The standard InChI is InChI=1S/C11H16N4/c12-7-10(14)11(8-13)15-9-5-3-1-2-4-6-9/h5,10-11,15H,1-4,6,14H2. The smallest absolute Gasteiger partial charge is 0.143 e. The summed E-state index contributed by atoms with van der Waals surface area (Å²) in [6, 6.07) is 2.55. The maximum absolute atomic E-state index is 8.86. The van der Waals surface area contributed by atoms with Gasteiger partial charge in [0.25, 0.3) is 0 Å². The normalized spacial score (nSPS) is 20.1. The van der Waals surface area contributed by atoms with Crippen molar-refractivity contribution < 1.29 is 0 Å². The Morgan fingerprint density at radius 3 is 2.73 bits per heavy atom. The van der Waals surface area contributed by atoms with Gasteiger partial charge in [0.1, 0.15) is 12.1 Å². The molecule has 0 aliphatic heterocycles. The van der Waals surface area contributed by atoms with Gasteiger partial charge >= 0.3 is 0 Å². The molecule has 4 nitrogen and oxygen atoms in total. The summed E-state index contributed by atoms with van der Waals surface area (Å²) < 4.78 is 0. The van der Waals surface area contributed by atoms with Crippen LogP contribution in [0.1, 0.15) is 32.1 Å². The van der Waals surface area contributed by atoms with E-state index in [1.807, 2.05) is 12.1 Å². The van der Waals surface area contributed by atoms with E-state index in [1.165, 1.54) is 12.8 Å². The molecule has 1 aliphatic carbocycles. The average molecular weight is 204 g/mol. The molecule has 0 amide bonds. The molecule has 0 saturated heterocycles. The number of hydrogen-bond acceptors (Lipinski definition) is 4. The van der Waals surface area contributed by atoms with E-state index >= 15 is 0 Å². The van der Waals surface area contributed by atoms with E-state index in [4.69, 9.17) is 16.3 Å². The van der Waals surface area contributed by atoms with Gasteiger partial charge in [0.05, 0.1) is 12.1 Å². The van der Waals surface area contributed by atoms with Crippen LogP contribution in [0, 0.1) is 22.7 Å². The monoisotopic (exact) mass is 204 g/mol. The lowest BCUT2D eigenvalue weighted by atomic mass is 10.1. The zero-order chi connectivity index (χ0) is 11.1. The number of nitriles is 2. The van der Waals surface area contributed by atoms with Gasteiger partial charge in [-0.25, -0.2) is 0 Å². The Balaban J connectivity index is 2.55. The minimum atomic E-state index is -0.765. The summed E-state index contributed by atoms with van der Waals surface area (Å²) >= 11 is 0. The van der Waals surface area contributed by atoms with Gasteiger partial charge in [-0.05, 0) is 25.7 Å². The van der Waals surface area contributed by atoms with Gasteiger partial charge in [-0.1, -0.05) is 12.5 Å². The van der Waals surface area contributed by atoms with Crippen LogP contribution in [-0.4, -0.2) is 12.1 Å². The first-order valence-electron chi connectivity index (χ1n) is 5.28. The van der Waals surface area contributed by atoms with Gasteiger partial charge < -0.3 is 11.1 Å². The Bertz CT molecular complexity index is 308. The Labute approximate surface area is 90.4 Å². The summed E-state index contributed by atoms with van der Waals surface area (Å²) in [4.78, 5) is 0. The molecule has 2 unspecified atom stereocenters. The van der Waals surface area contributed by atoms with E-state index in [0.717, 1.165) is 25.0 Å². The lowest BCUT2D eigenvalue weighted by Crippen LogP contribution is -2.42. The molecule has 0 spiro atoms. The Kier molecular flexibility index (Phi) is 4.66. The molecule has 2 atom stereocenters. The highest BCUT2D eigenvalue weighted by molar-refractivity contribution is 5.13. The Morgan fingerprint density at radius 1 is 1.27 bits per heavy atom. The third-order valence-corrected chi connectivity index (χ3v) is 2.53. The van der Waals surface area contributed by atoms with Gasteiger partial charge in [0.15, 0.2) is 0 Å². The molecule has 1 aliphatic rings. The molecule has 3 N–H and O–H groups in total. The zero-order valence-corrected chi connectivity index (χ0v) is 8.74. The summed E-state index contributed by atoms with van der Waals surface area (Å²) in [5.41, 5.74) is 6.57. The quantitative estimate of drug-likeness (QED) is 0.722. The minimum absolute atomic E-state index is 0.598. The number of allylic oxidation sites excluding steroid dienone is 2. The molecule has 0 saturated carbocycles. The first-order valence-corrected chi connectivity index (χ1v) is 5.28. The van der Waals surface area contributed by atoms with Crippen LogP contribution in [0.2, 0.25) is 0 Å². The van der Waals surface area contributed by atoms with Gasteiger partial charge in [0, 0.05) is 5.70 Å². The topological polar surface area (TPSA) is 85.6 Å². The first kappa shape index (κ1) is 11.6. The van der Waals surface area contributed by atoms with Crippen molar-refractivity contribution in [2.45, 2.75) is 44.2 Å². The first-order chi connectivity index (χ1) is 7.27. The van der Waals surface area contributed by atoms with E-state index in [9.17, 15) is 0 Å². The molecule has 15 heavy (non-hydrogen) atoms. The predicted molar refractivity (Wildman–Crippen MR) is 57.3 cm³/mol. The second-order valence-electron chi connectivity index (χ2n) is 3.73. The molecular formula is C11H16N4. The van der Waals surface area contributed by atoms with Crippen LogP contribution in [0.15, 0.2) is 11.8 Å². The summed E-state index contributed by atoms with van der Waals surface area (Å²) in [5.74, 6) is 0. The van der Waals surface area contributed by atoms with Gasteiger partial charge in [-0.2, -0.15) is 10.5 Å². The van der Waals surface area contributed by atoms with Crippen molar-refractivity contribution >= 4 is 0 Å². The van der Waals surface area contributed by atoms with Crippen molar-refractivity contribution in [1.29, 1.82) is 10.5 Å². The SMILES string of the molecule is N#CC(N)C(C#N)NC1=CCCCCC1. The van der Waals surface area contributed by atoms with Crippen molar-refractivity contribution in [3.05, 3.63) is 11.8 Å². The van der Waals surface area contributed by atoms with Crippen LogP contribution in [0.25, 0.3) is 0 Å². The van der Waals surface area contributed by atoms with Gasteiger partial charge in [-0.15, -0.1) is 0 Å². The van der Waals surface area contributed by atoms with Crippen LogP contribution < -0.4 is 11.1 Å².